The van der Waals surface area contributed by atoms with Crippen LogP contribution >= 0.6 is 11.6 Å². The first kappa shape index (κ1) is 13.9. The van der Waals surface area contributed by atoms with Gasteiger partial charge in [0.15, 0.2) is 0 Å². The quantitative estimate of drug-likeness (QED) is 0.893. The number of fused-ring (bicyclic) bond motifs is 2. The van der Waals surface area contributed by atoms with Crippen LogP contribution in [0, 0.1) is 0 Å². The number of carbonyl (C=O) groups is 1. The molecule has 1 aliphatic heterocycles. The van der Waals surface area contributed by atoms with Crippen molar-refractivity contribution in [3.8, 4) is 11.5 Å². The number of hydrogen-bond donors (Lipinski definition) is 2. The van der Waals surface area contributed by atoms with Gasteiger partial charge in [-0.2, -0.15) is 0 Å². The first-order valence-corrected chi connectivity index (χ1v) is 6.89. The Hall–Kier alpha value is -2.04. The molecule has 0 saturated carbocycles. The maximum absolute atomic E-state index is 10.8. The van der Waals surface area contributed by atoms with Crippen molar-refractivity contribution in [3.05, 3.63) is 58.1 Å². The van der Waals surface area contributed by atoms with Crippen molar-refractivity contribution < 1.29 is 19.7 Å². The van der Waals surface area contributed by atoms with Gasteiger partial charge in [0.25, 0.3) is 0 Å². The van der Waals surface area contributed by atoms with Gasteiger partial charge in [0, 0.05) is 17.0 Å². The van der Waals surface area contributed by atoms with Gasteiger partial charge in [-0.1, -0.05) is 17.7 Å². The summed E-state index contributed by atoms with van der Waals surface area (Å²) in [6.45, 7) is 0. The number of aliphatic carboxylic acids is 1. The minimum Gasteiger partial charge on any atom is -0.481 e. The predicted octanol–water partition coefficient (Wildman–Crippen LogP) is 3.35. The molecule has 0 aromatic heterocycles. The highest BCUT2D eigenvalue weighted by molar-refractivity contribution is 6.30. The first-order valence-electron chi connectivity index (χ1n) is 6.52. The molecule has 2 aromatic carbocycles. The van der Waals surface area contributed by atoms with Crippen LogP contribution in [0.3, 0.4) is 0 Å². The van der Waals surface area contributed by atoms with Crippen LogP contribution in [0.4, 0.5) is 0 Å². The molecule has 2 aromatic rings. The Morgan fingerprint density at radius 3 is 2.76 bits per heavy atom. The van der Waals surface area contributed by atoms with Gasteiger partial charge in [-0.3, -0.25) is 4.79 Å². The summed E-state index contributed by atoms with van der Waals surface area (Å²) in [5.41, 5.74) is 2.06. The van der Waals surface area contributed by atoms with E-state index < -0.39 is 12.1 Å². The number of carboxylic acid groups (broad SMARTS) is 1. The van der Waals surface area contributed by atoms with Gasteiger partial charge in [-0.25, -0.2) is 0 Å². The molecule has 0 bridgehead atoms. The minimum absolute atomic E-state index is 0.0845. The summed E-state index contributed by atoms with van der Waals surface area (Å²) in [5.74, 6) is 0.287. The number of benzene rings is 2. The average Bonchev–Trinajstić information content (AvgIpc) is 2.54. The van der Waals surface area contributed by atoms with E-state index in [0.29, 0.717) is 34.1 Å². The fourth-order valence-electron chi connectivity index (χ4n) is 2.48. The van der Waals surface area contributed by atoms with Gasteiger partial charge in [0.2, 0.25) is 0 Å². The lowest BCUT2D eigenvalue weighted by molar-refractivity contribution is -0.136. The highest BCUT2D eigenvalue weighted by atomic mass is 35.5. The second-order valence-electron chi connectivity index (χ2n) is 5.02. The Bertz CT molecular complexity index is 711. The molecule has 0 spiro atoms. The van der Waals surface area contributed by atoms with Crippen LogP contribution in [-0.4, -0.2) is 16.2 Å². The van der Waals surface area contributed by atoms with E-state index in [9.17, 15) is 9.90 Å². The van der Waals surface area contributed by atoms with Crippen LogP contribution < -0.4 is 4.74 Å². The van der Waals surface area contributed by atoms with E-state index in [1.165, 1.54) is 0 Å². The van der Waals surface area contributed by atoms with E-state index >= 15 is 0 Å². The molecule has 0 unspecified atom stereocenters. The molecule has 1 atom stereocenters. The van der Waals surface area contributed by atoms with Crippen molar-refractivity contribution in [2.75, 3.05) is 0 Å². The number of halogens is 1. The minimum atomic E-state index is -0.908. The van der Waals surface area contributed by atoms with E-state index in [-0.39, 0.29) is 6.42 Å². The van der Waals surface area contributed by atoms with Crippen LogP contribution in [-0.2, 0) is 17.6 Å². The fourth-order valence-corrected chi connectivity index (χ4v) is 2.67. The lowest BCUT2D eigenvalue weighted by Gasteiger charge is -2.12. The molecule has 108 valence electrons. The summed E-state index contributed by atoms with van der Waals surface area (Å²) in [4.78, 5) is 10.8. The topological polar surface area (TPSA) is 66.8 Å². The van der Waals surface area contributed by atoms with Crippen LogP contribution in [0.2, 0.25) is 5.02 Å². The first-order chi connectivity index (χ1) is 10.0. The van der Waals surface area contributed by atoms with E-state index in [1.54, 1.807) is 36.4 Å². The normalized spacial score (nSPS) is 16.4. The second kappa shape index (κ2) is 5.39. The van der Waals surface area contributed by atoms with Crippen molar-refractivity contribution >= 4 is 17.6 Å². The molecule has 3 rings (SSSR count). The number of ether oxygens (including phenoxy) is 1. The SMILES string of the molecule is O=C(O)Cc1ccc2c(c1)[C@H](O)Cc1cc(Cl)ccc1O2. The zero-order valence-electron chi connectivity index (χ0n) is 11.0. The van der Waals surface area contributed by atoms with Crippen LogP contribution in [0.1, 0.15) is 22.8 Å². The molecule has 21 heavy (non-hydrogen) atoms. The third-order valence-electron chi connectivity index (χ3n) is 3.44. The third-order valence-corrected chi connectivity index (χ3v) is 3.68. The molecule has 2 N–H and O–H groups in total. The molecular weight excluding hydrogens is 292 g/mol. The van der Waals surface area contributed by atoms with Gasteiger partial charge >= 0.3 is 5.97 Å². The van der Waals surface area contributed by atoms with Crippen molar-refractivity contribution in [3.63, 3.8) is 0 Å². The summed E-state index contributed by atoms with van der Waals surface area (Å²) < 4.78 is 5.82. The Kier molecular flexibility index (Phi) is 3.57. The zero-order chi connectivity index (χ0) is 15.0. The summed E-state index contributed by atoms with van der Waals surface area (Å²) in [6.07, 6.45) is -0.466. The molecule has 0 saturated heterocycles. The lowest BCUT2D eigenvalue weighted by atomic mass is 9.99. The van der Waals surface area contributed by atoms with Crippen molar-refractivity contribution in [1.29, 1.82) is 0 Å². The van der Waals surface area contributed by atoms with Crippen LogP contribution in [0.15, 0.2) is 36.4 Å². The van der Waals surface area contributed by atoms with E-state index in [2.05, 4.69) is 0 Å². The number of aliphatic hydroxyl groups is 1. The molecular formula is C16H13ClO4. The molecule has 5 heteroatoms. The largest absolute Gasteiger partial charge is 0.481 e. The average molecular weight is 305 g/mol. The van der Waals surface area contributed by atoms with Crippen molar-refractivity contribution in [2.24, 2.45) is 0 Å². The lowest BCUT2D eigenvalue weighted by Crippen LogP contribution is -2.04. The zero-order valence-corrected chi connectivity index (χ0v) is 11.8. The molecule has 0 aliphatic carbocycles. The summed E-state index contributed by atoms with van der Waals surface area (Å²) >= 11 is 5.97. The molecule has 0 radical (unpaired) electrons. The number of aliphatic hydroxyl groups excluding tert-OH is 1. The molecule has 0 fully saturated rings. The maximum Gasteiger partial charge on any atom is 0.307 e. The van der Waals surface area contributed by atoms with E-state index in [1.807, 2.05) is 0 Å². The van der Waals surface area contributed by atoms with Gasteiger partial charge < -0.3 is 14.9 Å². The summed E-state index contributed by atoms with van der Waals surface area (Å²) in [6, 6.07) is 10.3. The Morgan fingerprint density at radius 2 is 2.00 bits per heavy atom. The van der Waals surface area contributed by atoms with E-state index in [0.717, 1.165) is 5.56 Å². The fraction of sp³-hybridized carbons (Fsp3) is 0.188. The Morgan fingerprint density at radius 1 is 1.24 bits per heavy atom. The summed E-state index contributed by atoms with van der Waals surface area (Å²) in [7, 11) is 0. The van der Waals surface area contributed by atoms with Gasteiger partial charge in [-0.05, 0) is 41.5 Å². The Labute approximate surface area is 126 Å². The third kappa shape index (κ3) is 2.86. The highest BCUT2D eigenvalue weighted by Crippen LogP contribution is 2.39. The molecule has 4 nitrogen and oxygen atoms in total. The molecule has 0 amide bonds. The monoisotopic (exact) mass is 304 g/mol. The standard InChI is InChI=1S/C16H13ClO4/c17-11-2-4-14-10(7-11)8-13(18)12-5-9(6-16(19)20)1-3-15(12)21-14/h1-5,7,13,18H,6,8H2,(H,19,20)/t13-/m1/s1. The predicted molar refractivity (Wildman–Crippen MR) is 78.0 cm³/mol. The van der Waals surface area contributed by atoms with Crippen LogP contribution in [0.5, 0.6) is 11.5 Å². The number of hydrogen-bond acceptors (Lipinski definition) is 3. The number of rotatable bonds is 2. The summed E-state index contributed by atoms with van der Waals surface area (Å²) in [5, 5.41) is 19.8. The van der Waals surface area contributed by atoms with Gasteiger partial charge in [-0.15, -0.1) is 0 Å². The molecule has 1 heterocycles. The van der Waals surface area contributed by atoms with E-state index in [4.69, 9.17) is 21.4 Å². The van der Waals surface area contributed by atoms with Crippen LogP contribution in [0.25, 0.3) is 0 Å². The maximum atomic E-state index is 10.8. The van der Waals surface area contributed by atoms with Crippen molar-refractivity contribution in [1.82, 2.24) is 0 Å². The molecule has 1 aliphatic rings. The van der Waals surface area contributed by atoms with Crippen molar-refractivity contribution in [2.45, 2.75) is 18.9 Å². The number of carboxylic acids is 1. The second-order valence-corrected chi connectivity index (χ2v) is 5.45. The smallest absolute Gasteiger partial charge is 0.307 e. The van der Waals surface area contributed by atoms with Gasteiger partial charge in [0.05, 0.1) is 12.5 Å². The van der Waals surface area contributed by atoms with Gasteiger partial charge in [0.1, 0.15) is 11.5 Å². The highest BCUT2D eigenvalue weighted by Gasteiger charge is 2.22. The Balaban J connectivity index is 2.02.